The molecule has 104 valence electrons. The molecule has 0 aromatic heterocycles. The van der Waals surface area contributed by atoms with Crippen molar-refractivity contribution in [2.45, 2.75) is 69.9 Å². The Balaban J connectivity index is 1.62. The molecule has 1 saturated carbocycles. The molecule has 0 aromatic rings. The van der Waals surface area contributed by atoms with E-state index in [0.717, 1.165) is 12.1 Å². The molecule has 1 saturated heterocycles. The van der Waals surface area contributed by atoms with E-state index in [9.17, 15) is 0 Å². The molecule has 18 heavy (non-hydrogen) atoms. The van der Waals surface area contributed by atoms with E-state index in [0.29, 0.717) is 0 Å². The highest BCUT2D eigenvalue weighted by Gasteiger charge is 2.30. The van der Waals surface area contributed by atoms with Gasteiger partial charge in [0.2, 0.25) is 0 Å². The van der Waals surface area contributed by atoms with Crippen LogP contribution in [0.1, 0.15) is 57.8 Å². The number of nitrogens with zero attached hydrogens (tertiary/aromatic N) is 1. The van der Waals surface area contributed by atoms with E-state index in [1.807, 2.05) is 6.08 Å². The zero-order valence-corrected chi connectivity index (χ0v) is 11.9. The molecule has 0 bridgehead atoms. The summed E-state index contributed by atoms with van der Waals surface area (Å²) in [6, 6.07) is 1.70. The van der Waals surface area contributed by atoms with Gasteiger partial charge < -0.3 is 5.32 Å². The molecule has 0 spiro atoms. The van der Waals surface area contributed by atoms with Crippen LogP contribution in [0.3, 0.4) is 0 Å². The van der Waals surface area contributed by atoms with Crippen molar-refractivity contribution < 1.29 is 0 Å². The lowest BCUT2D eigenvalue weighted by molar-refractivity contribution is 0.212. The lowest BCUT2D eigenvalue weighted by Gasteiger charge is -2.30. The fourth-order valence-electron chi connectivity index (χ4n) is 3.01. The maximum atomic E-state index is 3.79. The Labute approximate surface area is 113 Å². The summed E-state index contributed by atoms with van der Waals surface area (Å²) in [4.78, 5) is 2.76. The summed E-state index contributed by atoms with van der Waals surface area (Å²) in [5.41, 5.74) is 0. The molecule has 1 N–H and O–H groups in total. The van der Waals surface area contributed by atoms with Gasteiger partial charge in [0.1, 0.15) is 0 Å². The van der Waals surface area contributed by atoms with Gasteiger partial charge in [0.15, 0.2) is 0 Å². The molecule has 2 fully saturated rings. The molecular weight excluding hydrogens is 220 g/mol. The summed E-state index contributed by atoms with van der Waals surface area (Å²) in [5, 5.41) is 3.69. The Kier molecular flexibility index (Phi) is 6.22. The number of unbranched alkanes of at least 4 members (excludes halogenated alkanes) is 3. The fourth-order valence-corrected chi connectivity index (χ4v) is 3.01. The van der Waals surface area contributed by atoms with Crippen LogP contribution in [0.15, 0.2) is 12.7 Å². The van der Waals surface area contributed by atoms with Crippen molar-refractivity contribution in [3.05, 3.63) is 12.7 Å². The fraction of sp³-hybridized carbons (Fsp3) is 0.875. The molecule has 1 aliphatic heterocycles. The molecule has 2 nitrogen and oxygen atoms in total. The van der Waals surface area contributed by atoms with Crippen LogP contribution < -0.4 is 5.32 Å². The smallest absolute Gasteiger partial charge is 0.0195 e. The van der Waals surface area contributed by atoms with E-state index in [-0.39, 0.29) is 0 Å². The van der Waals surface area contributed by atoms with Gasteiger partial charge in [0, 0.05) is 18.6 Å². The van der Waals surface area contributed by atoms with Crippen LogP contribution >= 0.6 is 0 Å². The van der Waals surface area contributed by atoms with E-state index < -0.39 is 0 Å². The molecule has 0 amide bonds. The maximum absolute atomic E-state index is 3.79. The van der Waals surface area contributed by atoms with Crippen molar-refractivity contribution >= 4 is 0 Å². The zero-order chi connectivity index (χ0) is 12.6. The van der Waals surface area contributed by atoms with Gasteiger partial charge in [-0.1, -0.05) is 18.9 Å². The highest BCUT2D eigenvalue weighted by atomic mass is 15.2. The molecular formula is C16H30N2. The van der Waals surface area contributed by atoms with E-state index >= 15 is 0 Å². The van der Waals surface area contributed by atoms with Gasteiger partial charge >= 0.3 is 0 Å². The average Bonchev–Trinajstić information content (AvgIpc) is 3.23. The Morgan fingerprint density at radius 1 is 1.11 bits per heavy atom. The van der Waals surface area contributed by atoms with Crippen molar-refractivity contribution in [2.75, 3.05) is 19.6 Å². The number of piperidine rings is 1. The van der Waals surface area contributed by atoms with Crippen molar-refractivity contribution in [1.29, 1.82) is 0 Å². The average molecular weight is 250 g/mol. The van der Waals surface area contributed by atoms with Gasteiger partial charge in [0.25, 0.3) is 0 Å². The van der Waals surface area contributed by atoms with Crippen LogP contribution in [0.5, 0.6) is 0 Å². The second kappa shape index (κ2) is 7.96. The summed E-state index contributed by atoms with van der Waals surface area (Å²) < 4.78 is 0. The Morgan fingerprint density at radius 2 is 2.00 bits per heavy atom. The minimum atomic E-state index is 0.771. The standard InChI is InChI=1S/C16H30N2/c1-2-3-4-5-8-13-18(16-10-11-16)14-15-9-6-7-12-17-15/h2,15-17H,1,3-14H2. The summed E-state index contributed by atoms with van der Waals surface area (Å²) >= 11 is 0. The summed E-state index contributed by atoms with van der Waals surface area (Å²) in [5.74, 6) is 0. The SMILES string of the molecule is C=CCCCCCN(CC1CCCCN1)C1CC1. The van der Waals surface area contributed by atoms with E-state index in [1.54, 1.807) is 0 Å². The molecule has 1 aliphatic carbocycles. The van der Waals surface area contributed by atoms with Crippen LogP contribution in [0.2, 0.25) is 0 Å². The summed E-state index contributed by atoms with van der Waals surface area (Å²) in [6.07, 6.45) is 14.4. The lowest BCUT2D eigenvalue weighted by atomic mass is 10.0. The number of nitrogens with one attached hydrogen (secondary N) is 1. The van der Waals surface area contributed by atoms with Crippen LogP contribution in [0, 0.1) is 0 Å². The first-order valence-electron chi connectivity index (χ1n) is 7.98. The molecule has 0 aromatic carbocycles. The van der Waals surface area contributed by atoms with Gasteiger partial charge in [-0.2, -0.15) is 0 Å². The first kappa shape index (κ1) is 14.1. The molecule has 1 heterocycles. The van der Waals surface area contributed by atoms with Crippen LogP contribution in [-0.2, 0) is 0 Å². The van der Waals surface area contributed by atoms with Gasteiger partial charge in [-0.3, -0.25) is 4.90 Å². The topological polar surface area (TPSA) is 15.3 Å². The van der Waals surface area contributed by atoms with Crippen molar-refractivity contribution in [1.82, 2.24) is 10.2 Å². The predicted molar refractivity (Wildman–Crippen MR) is 78.9 cm³/mol. The first-order valence-corrected chi connectivity index (χ1v) is 7.98. The van der Waals surface area contributed by atoms with Gasteiger partial charge in [0.05, 0.1) is 0 Å². The third kappa shape index (κ3) is 5.11. The molecule has 1 atom stereocenters. The highest BCUT2D eigenvalue weighted by molar-refractivity contribution is 4.87. The van der Waals surface area contributed by atoms with Crippen molar-refractivity contribution in [3.8, 4) is 0 Å². The quantitative estimate of drug-likeness (QED) is 0.499. The minimum absolute atomic E-state index is 0.771. The molecule has 2 heteroatoms. The minimum Gasteiger partial charge on any atom is -0.313 e. The van der Waals surface area contributed by atoms with Gasteiger partial charge in [-0.05, 0) is 58.0 Å². The Hall–Kier alpha value is -0.340. The Morgan fingerprint density at radius 3 is 2.67 bits per heavy atom. The Bertz CT molecular complexity index is 229. The van der Waals surface area contributed by atoms with E-state index in [4.69, 9.17) is 0 Å². The summed E-state index contributed by atoms with van der Waals surface area (Å²) in [7, 11) is 0. The van der Waals surface area contributed by atoms with Crippen LogP contribution in [0.4, 0.5) is 0 Å². The van der Waals surface area contributed by atoms with E-state index in [2.05, 4.69) is 16.8 Å². The third-order valence-corrected chi connectivity index (χ3v) is 4.28. The molecule has 2 aliphatic rings. The van der Waals surface area contributed by atoms with Crippen LogP contribution in [-0.4, -0.2) is 36.6 Å². The molecule has 2 rings (SSSR count). The number of rotatable bonds is 9. The van der Waals surface area contributed by atoms with Gasteiger partial charge in [-0.15, -0.1) is 6.58 Å². The largest absolute Gasteiger partial charge is 0.313 e. The number of hydrogen-bond donors (Lipinski definition) is 1. The second-order valence-corrected chi connectivity index (χ2v) is 6.01. The number of hydrogen-bond acceptors (Lipinski definition) is 2. The normalized spacial score (nSPS) is 24.4. The van der Waals surface area contributed by atoms with E-state index in [1.165, 1.54) is 77.4 Å². The zero-order valence-electron chi connectivity index (χ0n) is 11.9. The van der Waals surface area contributed by atoms with Crippen molar-refractivity contribution in [2.24, 2.45) is 0 Å². The first-order chi connectivity index (χ1) is 8.90. The third-order valence-electron chi connectivity index (χ3n) is 4.28. The summed E-state index contributed by atoms with van der Waals surface area (Å²) in [6.45, 7) is 7.65. The number of allylic oxidation sites excluding steroid dienone is 1. The second-order valence-electron chi connectivity index (χ2n) is 6.01. The maximum Gasteiger partial charge on any atom is 0.0195 e. The monoisotopic (exact) mass is 250 g/mol. The molecule has 0 radical (unpaired) electrons. The highest BCUT2D eigenvalue weighted by Crippen LogP contribution is 2.28. The molecule has 1 unspecified atom stereocenters. The van der Waals surface area contributed by atoms with Gasteiger partial charge in [-0.25, -0.2) is 0 Å². The predicted octanol–water partition coefficient (Wildman–Crippen LogP) is 3.34. The van der Waals surface area contributed by atoms with Crippen LogP contribution in [0.25, 0.3) is 0 Å². The lowest BCUT2D eigenvalue weighted by Crippen LogP contribution is -2.44. The van der Waals surface area contributed by atoms with Crippen molar-refractivity contribution in [3.63, 3.8) is 0 Å².